The first-order chi connectivity index (χ1) is 17.8. The number of para-hydroxylation sites is 2. The van der Waals surface area contributed by atoms with Gasteiger partial charge in [-0.1, -0.05) is 0 Å². The van der Waals surface area contributed by atoms with Gasteiger partial charge in [0, 0.05) is 0 Å². The van der Waals surface area contributed by atoms with Crippen LogP contribution in [0, 0.1) is 0 Å². The third-order valence-corrected chi connectivity index (χ3v) is 9.52. The van der Waals surface area contributed by atoms with Crippen LogP contribution < -0.4 is 24.8 Å². The number of benzene rings is 5. The maximum absolute atomic E-state index is 2.52. The van der Waals surface area contributed by atoms with E-state index in [2.05, 4.69) is 126 Å². The van der Waals surface area contributed by atoms with E-state index in [1.165, 1.54) is 66.8 Å². The summed E-state index contributed by atoms with van der Waals surface area (Å²) in [6.45, 7) is 0. The summed E-state index contributed by atoms with van der Waals surface area (Å²) in [5.41, 5.74) is 15.4. The maximum atomic E-state index is 2.52. The molecule has 2 aliphatic carbocycles. The normalized spacial score (nSPS) is 16.2. The Balaban J connectivity index is 0.00000132. The number of hydrogen-bond acceptors (Lipinski definition) is 0. The molecule has 8 rings (SSSR count). The third kappa shape index (κ3) is 3.40. The van der Waals surface area contributed by atoms with Crippen LogP contribution >= 0.6 is 0 Å². The molecule has 1 nitrogen and oxygen atoms in total. The second-order valence-electron chi connectivity index (χ2n) is 9.80. The van der Waals surface area contributed by atoms with Crippen molar-refractivity contribution in [2.24, 2.45) is 0 Å². The molecule has 0 radical (unpaired) electrons. The fourth-order valence-electron chi connectivity index (χ4n) is 6.65. The van der Waals surface area contributed by atoms with Gasteiger partial charge in [-0.25, -0.2) is 0 Å². The van der Waals surface area contributed by atoms with Gasteiger partial charge in [0.25, 0.3) is 0 Å². The third-order valence-electron chi connectivity index (χ3n) is 8.04. The van der Waals surface area contributed by atoms with Crippen molar-refractivity contribution in [1.82, 2.24) is 4.57 Å². The second kappa shape index (κ2) is 9.69. The number of rotatable bonds is 2. The van der Waals surface area contributed by atoms with Crippen molar-refractivity contribution in [2.45, 2.75) is 9.54 Å². The van der Waals surface area contributed by atoms with Gasteiger partial charge in [-0.2, -0.15) is 0 Å². The molecule has 0 N–H and O–H groups in total. The summed E-state index contributed by atoms with van der Waals surface area (Å²) >= 11 is 1.55. The van der Waals surface area contributed by atoms with Crippen LogP contribution in [0.4, 0.5) is 0 Å². The summed E-state index contributed by atoms with van der Waals surface area (Å²) in [6, 6.07) is 44.9. The molecule has 1 heterocycles. The summed E-state index contributed by atoms with van der Waals surface area (Å²) in [5, 5.41) is 1.33. The van der Waals surface area contributed by atoms with Crippen LogP contribution in [-0.2, 0) is 24.7 Å². The van der Waals surface area contributed by atoms with Gasteiger partial charge in [-0.3, -0.25) is 0 Å². The van der Waals surface area contributed by atoms with Crippen molar-refractivity contribution in [3.63, 3.8) is 0 Å². The molecule has 0 aliphatic heterocycles. The minimum absolute atomic E-state index is 0. The van der Waals surface area contributed by atoms with E-state index in [9.17, 15) is 0 Å². The van der Waals surface area contributed by atoms with Gasteiger partial charge in [0.2, 0.25) is 0 Å². The van der Waals surface area contributed by atoms with E-state index in [1.807, 2.05) is 0 Å². The van der Waals surface area contributed by atoms with Crippen molar-refractivity contribution in [2.75, 3.05) is 0 Å². The van der Waals surface area contributed by atoms with Crippen LogP contribution in [0.1, 0.15) is 37.5 Å². The number of halogens is 2. The summed E-state index contributed by atoms with van der Waals surface area (Å²) in [4.78, 5) is 0. The van der Waals surface area contributed by atoms with Crippen molar-refractivity contribution in [3.05, 3.63) is 149 Å². The van der Waals surface area contributed by atoms with Crippen molar-refractivity contribution in [1.29, 1.82) is 0 Å². The topological polar surface area (TPSA) is 4.93 Å². The molecule has 5 aromatic carbocycles. The van der Waals surface area contributed by atoms with Crippen LogP contribution in [-0.4, -0.2) is 4.57 Å². The molecule has 0 amide bonds. The Bertz CT molecular complexity index is 1810. The molecule has 0 saturated carbocycles. The van der Waals surface area contributed by atoms with Gasteiger partial charge in [-0.15, -0.1) is 0 Å². The molecule has 38 heavy (non-hydrogen) atoms. The van der Waals surface area contributed by atoms with Gasteiger partial charge in [0.15, 0.2) is 0 Å². The van der Waals surface area contributed by atoms with Gasteiger partial charge in [0.1, 0.15) is 0 Å². The Kier molecular flexibility index (Phi) is 6.47. The zero-order valence-electron chi connectivity index (χ0n) is 20.4. The molecule has 0 saturated heterocycles. The molecular weight excluding hydrogens is 585 g/mol. The first-order valence-corrected chi connectivity index (χ1v) is 14.0. The summed E-state index contributed by atoms with van der Waals surface area (Å²) in [6.07, 6.45) is 0. The summed E-state index contributed by atoms with van der Waals surface area (Å²) in [5.74, 6) is 0.191. The van der Waals surface area contributed by atoms with Crippen molar-refractivity contribution >= 4 is 10.9 Å². The van der Waals surface area contributed by atoms with Crippen LogP contribution in [0.5, 0.6) is 0 Å². The van der Waals surface area contributed by atoms with Crippen LogP contribution in [0.15, 0.2) is 121 Å². The Labute approximate surface area is 250 Å². The predicted octanol–water partition coefficient (Wildman–Crippen LogP) is 2.42. The molecule has 6 aromatic rings. The molecular formula is C34H22Cl2NZr. The SMILES string of the molecule is [Cl-].[Cl-].[Zr+2][CH]1c2ccccc2-c2cccc(C3c4ccccc4-c4c3n(-c3ccccc3)c3ccccc43)c21. The molecule has 0 spiro atoms. The number of hydrogen-bond donors (Lipinski definition) is 0. The summed E-state index contributed by atoms with van der Waals surface area (Å²) in [7, 11) is 0. The average molecular weight is 607 g/mol. The van der Waals surface area contributed by atoms with Gasteiger partial charge in [0.05, 0.1) is 0 Å². The Hall–Kier alpha value is -2.90. The molecule has 0 fully saturated rings. The van der Waals surface area contributed by atoms with Crippen molar-refractivity contribution < 1.29 is 49.5 Å². The van der Waals surface area contributed by atoms with E-state index in [4.69, 9.17) is 0 Å². The van der Waals surface area contributed by atoms with Crippen LogP contribution in [0.3, 0.4) is 0 Å². The minimum atomic E-state index is 0. The van der Waals surface area contributed by atoms with Gasteiger partial charge < -0.3 is 24.8 Å². The Morgan fingerprint density at radius 1 is 0.526 bits per heavy atom. The van der Waals surface area contributed by atoms with E-state index in [0.29, 0.717) is 3.63 Å². The fraction of sp³-hybridized carbons (Fsp3) is 0.0588. The Morgan fingerprint density at radius 2 is 1.13 bits per heavy atom. The average Bonchev–Trinajstić information content (AvgIpc) is 3.55. The van der Waals surface area contributed by atoms with Crippen molar-refractivity contribution in [3.8, 4) is 27.9 Å². The molecule has 2 atom stereocenters. The van der Waals surface area contributed by atoms with E-state index in [1.54, 1.807) is 24.7 Å². The molecule has 1 aromatic heterocycles. The zero-order valence-corrected chi connectivity index (χ0v) is 24.4. The molecule has 4 heteroatoms. The Morgan fingerprint density at radius 3 is 1.95 bits per heavy atom. The van der Waals surface area contributed by atoms with E-state index >= 15 is 0 Å². The van der Waals surface area contributed by atoms with E-state index < -0.39 is 0 Å². The van der Waals surface area contributed by atoms with E-state index in [0.717, 1.165) is 0 Å². The molecule has 2 aliphatic rings. The fourth-order valence-corrected chi connectivity index (χ4v) is 8.06. The monoisotopic (exact) mass is 604 g/mol. The molecule has 0 bridgehead atoms. The zero-order chi connectivity index (χ0) is 23.8. The number of fused-ring (bicyclic) bond motifs is 8. The van der Waals surface area contributed by atoms with Gasteiger partial charge in [-0.05, 0) is 0 Å². The standard InChI is InChI=1S/C34H22N.2ClH.Zr/c1-2-12-23(13-3-1)35-31-20-9-8-17-29(31)33-27-16-7-6-15-26(27)32(34(33)35)28-19-10-18-25-24-14-5-4-11-22(24)21-30(25)28;;;/h1-21,32H;2*1H;/q;;;+2/p-2. The molecule has 181 valence electrons. The quantitative estimate of drug-likeness (QED) is 0.285. The number of nitrogens with zero attached hydrogens (tertiary/aromatic N) is 1. The molecule has 2 unspecified atom stereocenters. The first kappa shape index (κ1) is 25.4. The first-order valence-electron chi connectivity index (χ1n) is 12.5. The van der Waals surface area contributed by atoms with E-state index in [-0.39, 0.29) is 30.7 Å². The van der Waals surface area contributed by atoms with Gasteiger partial charge >= 0.3 is 227 Å². The predicted molar refractivity (Wildman–Crippen MR) is 143 cm³/mol. The van der Waals surface area contributed by atoms with Crippen LogP contribution in [0.25, 0.3) is 38.8 Å². The number of aromatic nitrogens is 1. The van der Waals surface area contributed by atoms with Crippen LogP contribution in [0.2, 0.25) is 0 Å². The second-order valence-corrected chi connectivity index (χ2v) is 11.2. The summed E-state index contributed by atoms with van der Waals surface area (Å²) < 4.78 is 2.99.